The minimum Gasteiger partial charge on any atom is -0.356 e. The molecule has 0 saturated carbocycles. The molecule has 0 spiro atoms. The van der Waals surface area contributed by atoms with Crippen molar-refractivity contribution in [1.82, 2.24) is 0 Å². The summed E-state index contributed by atoms with van der Waals surface area (Å²) in [6.07, 6.45) is 0. The summed E-state index contributed by atoms with van der Waals surface area (Å²) in [7, 11) is 0. The van der Waals surface area contributed by atoms with E-state index < -0.39 is 0 Å². The minimum atomic E-state index is 1.12. The highest BCUT2D eigenvalue weighted by atomic mass is 79.9. The molecule has 0 radical (unpaired) electrons. The van der Waals surface area contributed by atoms with Crippen LogP contribution in [-0.4, -0.2) is 0 Å². The van der Waals surface area contributed by atoms with Gasteiger partial charge in [0, 0.05) is 64.6 Å². The van der Waals surface area contributed by atoms with E-state index in [-0.39, 0.29) is 0 Å². The van der Waals surface area contributed by atoms with Crippen molar-refractivity contribution >= 4 is 153 Å². The summed E-state index contributed by atoms with van der Waals surface area (Å²) in [5, 5.41) is 20.6. The van der Waals surface area contributed by atoms with Gasteiger partial charge < -0.3 is 15.1 Å². The maximum Gasteiger partial charge on any atom is 0.0619 e. The molecule has 404 valence electrons. The number of anilines is 8. The third-order valence-corrected chi connectivity index (χ3v) is 17.5. The molecule has 0 atom stereocenters. The highest BCUT2D eigenvalue weighted by molar-refractivity contribution is 9.11. The number of benzene rings is 15. The Morgan fingerprint density at radius 3 is 0.857 bits per heavy atom. The summed E-state index contributed by atoms with van der Waals surface area (Å²) in [4.78, 5) is 4.90. The molecule has 0 aliphatic rings. The van der Waals surface area contributed by atoms with Crippen LogP contribution in [0.3, 0.4) is 0 Å². The SMILES string of the molecule is Brc1c2ccccc2c(Br)c2ccccc12.Cc1ccc(N(c2ccc3ccccc3c2)c2c3ccccc3c(N(c3ccc(C)cc3)c3ccc4ccccc4c3)c3ccccc23)cc1.Cc1ccc(Nc2ccc3ccccc3c2)cc1. The smallest absolute Gasteiger partial charge is 0.0619 e. The Morgan fingerprint density at radius 2 is 0.500 bits per heavy atom. The molecule has 3 nitrogen and oxygen atoms in total. The van der Waals surface area contributed by atoms with E-state index >= 15 is 0 Å². The second kappa shape index (κ2) is 23.8. The summed E-state index contributed by atoms with van der Waals surface area (Å²) < 4.78 is 2.34. The molecule has 0 heterocycles. The molecular weight excluding hydrogens is 1150 g/mol. The maximum absolute atomic E-state index is 3.70. The first-order valence-electron chi connectivity index (χ1n) is 28.4. The highest BCUT2D eigenvalue weighted by Gasteiger charge is 2.26. The number of halogens is 2. The fourth-order valence-electron chi connectivity index (χ4n) is 11.5. The molecule has 0 unspecified atom stereocenters. The van der Waals surface area contributed by atoms with Crippen LogP contribution in [0.25, 0.3) is 75.4 Å². The molecule has 0 bridgehead atoms. The second-order valence-electron chi connectivity index (χ2n) is 21.5. The third-order valence-electron chi connectivity index (χ3n) is 15.8. The van der Waals surface area contributed by atoms with E-state index in [1.54, 1.807) is 0 Å². The third kappa shape index (κ3) is 10.9. The van der Waals surface area contributed by atoms with Gasteiger partial charge in [-0.25, -0.2) is 0 Å². The van der Waals surface area contributed by atoms with E-state index in [9.17, 15) is 0 Å². The summed E-state index contributed by atoms with van der Waals surface area (Å²) in [6.45, 7) is 6.40. The molecule has 15 rings (SSSR count). The Bertz CT molecular complexity index is 4520. The second-order valence-corrected chi connectivity index (χ2v) is 23.1. The molecule has 0 aromatic heterocycles. The van der Waals surface area contributed by atoms with Crippen molar-refractivity contribution in [3.8, 4) is 0 Å². The van der Waals surface area contributed by atoms with Crippen molar-refractivity contribution in [1.29, 1.82) is 0 Å². The van der Waals surface area contributed by atoms with Gasteiger partial charge in [0.15, 0.2) is 0 Å². The number of fused-ring (bicyclic) bond motifs is 7. The monoisotopic (exact) mass is 1210 g/mol. The first kappa shape index (κ1) is 53.8. The van der Waals surface area contributed by atoms with Crippen LogP contribution in [0.4, 0.5) is 45.5 Å². The fraction of sp³-hybridized carbons (Fsp3) is 0.0380. The first-order valence-corrected chi connectivity index (χ1v) is 30.0. The molecule has 84 heavy (non-hydrogen) atoms. The lowest BCUT2D eigenvalue weighted by Crippen LogP contribution is -2.14. The van der Waals surface area contributed by atoms with Gasteiger partial charge in [-0.3, -0.25) is 0 Å². The van der Waals surface area contributed by atoms with Crippen molar-refractivity contribution in [2.45, 2.75) is 20.8 Å². The number of nitrogens with one attached hydrogen (secondary N) is 1. The Balaban J connectivity index is 0.000000156. The molecule has 5 heteroatoms. The zero-order valence-electron chi connectivity index (χ0n) is 46.9. The molecule has 0 saturated heterocycles. The minimum absolute atomic E-state index is 1.12. The summed E-state index contributed by atoms with van der Waals surface area (Å²) >= 11 is 7.39. The molecule has 1 N–H and O–H groups in total. The lowest BCUT2D eigenvalue weighted by molar-refractivity contribution is 1.29. The Kier molecular flexibility index (Phi) is 15.2. The van der Waals surface area contributed by atoms with E-state index in [2.05, 4.69) is 365 Å². The van der Waals surface area contributed by atoms with Crippen LogP contribution in [0.15, 0.2) is 306 Å². The van der Waals surface area contributed by atoms with Crippen LogP contribution in [0, 0.1) is 20.8 Å². The number of aryl methyl sites for hydroxylation is 3. The van der Waals surface area contributed by atoms with E-state index in [0.717, 1.165) is 34.1 Å². The van der Waals surface area contributed by atoms with Crippen molar-refractivity contribution in [3.63, 3.8) is 0 Å². The van der Waals surface area contributed by atoms with Crippen molar-refractivity contribution < 1.29 is 0 Å². The lowest BCUT2D eigenvalue weighted by atomic mass is 9.95. The normalized spacial score (nSPS) is 11.2. The van der Waals surface area contributed by atoms with E-state index in [1.165, 1.54) is 112 Å². The van der Waals surface area contributed by atoms with Crippen LogP contribution >= 0.6 is 31.9 Å². The molecule has 0 aliphatic heterocycles. The summed E-state index contributed by atoms with van der Waals surface area (Å²) in [5.74, 6) is 0. The summed E-state index contributed by atoms with van der Waals surface area (Å²) in [5.41, 5.74) is 12.8. The lowest BCUT2D eigenvalue weighted by Gasteiger charge is -2.33. The Labute approximate surface area is 508 Å². The van der Waals surface area contributed by atoms with Gasteiger partial charge >= 0.3 is 0 Å². The zero-order valence-corrected chi connectivity index (χ0v) is 50.1. The van der Waals surface area contributed by atoms with Crippen molar-refractivity contribution in [2.75, 3.05) is 15.1 Å². The van der Waals surface area contributed by atoms with Crippen LogP contribution in [0.1, 0.15) is 16.7 Å². The van der Waals surface area contributed by atoms with Crippen LogP contribution in [0.5, 0.6) is 0 Å². The summed E-state index contributed by atoms with van der Waals surface area (Å²) in [6, 6.07) is 107. The van der Waals surface area contributed by atoms with Gasteiger partial charge in [0.05, 0.1) is 11.4 Å². The predicted octanol–water partition coefficient (Wildman–Crippen LogP) is 24.3. The van der Waals surface area contributed by atoms with E-state index in [4.69, 9.17) is 0 Å². The van der Waals surface area contributed by atoms with Gasteiger partial charge in [0.25, 0.3) is 0 Å². The molecule has 15 aromatic rings. The van der Waals surface area contributed by atoms with Crippen molar-refractivity contribution in [3.05, 3.63) is 323 Å². The highest BCUT2D eigenvalue weighted by Crippen LogP contribution is 2.51. The standard InChI is InChI=1S/C48H36N2.C17H15N.C14H8Br2/c1-33-19-25-39(26-20-33)49(41-29-23-35-11-3-5-13-37(35)31-41)47-43-15-7-9-17-45(43)48(46-18-10-8-16-44(46)47)50(40-27-21-34(2)22-28-40)42-30-24-36-12-4-6-14-38(36)32-42;1-13-6-9-16(10-7-13)18-17-11-8-14-4-2-3-5-15(14)12-17;15-13-9-5-1-2-6-10(9)14(16)12-8-4-3-7-11(12)13/h3-32H,1-2H3;2-12,18H,1H3;1-8H. The average Bonchev–Trinajstić information content (AvgIpc) is 1.44. The number of nitrogens with zero attached hydrogens (tertiary/aromatic N) is 2. The van der Waals surface area contributed by atoms with Gasteiger partial charge in [0.1, 0.15) is 0 Å². The van der Waals surface area contributed by atoms with Gasteiger partial charge in [-0.2, -0.15) is 0 Å². The van der Waals surface area contributed by atoms with Crippen LogP contribution in [0.2, 0.25) is 0 Å². The largest absolute Gasteiger partial charge is 0.356 e. The first-order chi connectivity index (χ1) is 41.2. The Morgan fingerprint density at radius 1 is 0.238 bits per heavy atom. The number of hydrogen-bond acceptors (Lipinski definition) is 3. The molecular formula is C79H59Br2N3. The van der Waals surface area contributed by atoms with Gasteiger partial charge in [-0.05, 0) is 179 Å². The molecule has 0 aliphatic carbocycles. The van der Waals surface area contributed by atoms with E-state index in [1.807, 2.05) is 0 Å². The Hall–Kier alpha value is -9.52. The zero-order chi connectivity index (χ0) is 57.1. The fourth-order valence-corrected chi connectivity index (χ4v) is 12.9. The van der Waals surface area contributed by atoms with Crippen molar-refractivity contribution in [2.24, 2.45) is 0 Å². The number of hydrogen-bond donors (Lipinski definition) is 1. The number of rotatable bonds is 8. The molecule has 0 fully saturated rings. The predicted molar refractivity (Wildman–Crippen MR) is 371 cm³/mol. The maximum atomic E-state index is 3.70. The quantitative estimate of drug-likeness (QED) is 0.121. The van der Waals surface area contributed by atoms with Gasteiger partial charge in [0.2, 0.25) is 0 Å². The van der Waals surface area contributed by atoms with Gasteiger partial charge in [-0.15, -0.1) is 0 Å². The topological polar surface area (TPSA) is 18.5 Å². The van der Waals surface area contributed by atoms with Gasteiger partial charge in [-0.1, -0.05) is 241 Å². The molecule has 0 amide bonds. The van der Waals surface area contributed by atoms with Crippen LogP contribution in [-0.2, 0) is 0 Å². The van der Waals surface area contributed by atoms with E-state index in [0.29, 0.717) is 0 Å². The molecule has 15 aromatic carbocycles. The van der Waals surface area contributed by atoms with Crippen LogP contribution < -0.4 is 15.1 Å². The average molecular weight is 1210 g/mol.